The first-order valence-corrected chi connectivity index (χ1v) is 9.84. The molecule has 0 spiro atoms. The quantitative estimate of drug-likeness (QED) is 0.365. The predicted molar refractivity (Wildman–Crippen MR) is 121 cm³/mol. The third-order valence-electron chi connectivity index (χ3n) is 4.81. The zero-order valence-corrected chi connectivity index (χ0v) is 17.3. The SMILES string of the molecule is [C-]#[N+]c1ccc(-c2ccc(-c3nc(-c4ccccc4)nc(C(C)(C)C)n3)cc2)cc1. The molecule has 0 amide bonds. The maximum Gasteiger partial charge on any atom is 0.187 e. The molecule has 0 bridgehead atoms. The second kappa shape index (κ2) is 7.88. The molecule has 0 atom stereocenters. The molecule has 0 saturated heterocycles. The Morgan fingerprint density at radius 2 is 1.07 bits per heavy atom. The molecule has 0 N–H and O–H groups in total. The van der Waals surface area contributed by atoms with Crippen LogP contribution in [0.15, 0.2) is 78.9 Å². The number of hydrogen-bond acceptors (Lipinski definition) is 3. The standard InChI is InChI=1S/C26H22N4/c1-26(2,3)25-29-23(20-8-6-5-7-9-20)28-24(30-25)21-12-10-18(11-13-21)19-14-16-22(27-4)17-15-19/h5-17H,1-3H3. The molecule has 4 nitrogen and oxygen atoms in total. The summed E-state index contributed by atoms with van der Waals surface area (Å²) in [5.41, 5.74) is 4.54. The molecule has 3 aromatic carbocycles. The molecule has 0 aliphatic heterocycles. The summed E-state index contributed by atoms with van der Waals surface area (Å²) in [6.07, 6.45) is 0. The number of benzene rings is 3. The summed E-state index contributed by atoms with van der Waals surface area (Å²) in [4.78, 5) is 17.7. The van der Waals surface area contributed by atoms with E-state index in [-0.39, 0.29) is 5.41 Å². The first kappa shape index (κ1) is 19.5. The van der Waals surface area contributed by atoms with Crippen molar-refractivity contribution >= 4 is 5.69 Å². The lowest BCUT2D eigenvalue weighted by Crippen LogP contribution is -2.18. The van der Waals surface area contributed by atoms with Crippen LogP contribution >= 0.6 is 0 Å². The highest BCUT2D eigenvalue weighted by Gasteiger charge is 2.21. The van der Waals surface area contributed by atoms with E-state index in [1.807, 2.05) is 66.7 Å². The van der Waals surface area contributed by atoms with Gasteiger partial charge in [-0.25, -0.2) is 19.8 Å². The van der Waals surface area contributed by atoms with Crippen LogP contribution < -0.4 is 0 Å². The number of rotatable bonds is 3. The first-order chi connectivity index (χ1) is 14.4. The van der Waals surface area contributed by atoms with Gasteiger partial charge in [-0.1, -0.05) is 99.6 Å². The summed E-state index contributed by atoms with van der Waals surface area (Å²) in [7, 11) is 0. The fourth-order valence-corrected chi connectivity index (χ4v) is 3.10. The van der Waals surface area contributed by atoms with Crippen molar-refractivity contribution in [2.45, 2.75) is 26.2 Å². The van der Waals surface area contributed by atoms with Gasteiger partial charge in [0, 0.05) is 16.5 Å². The Balaban J connectivity index is 1.75. The molecule has 4 aromatic rings. The average Bonchev–Trinajstić information content (AvgIpc) is 2.79. The van der Waals surface area contributed by atoms with E-state index in [4.69, 9.17) is 21.5 Å². The number of nitrogens with zero attached hydrogens (tertiary/aromatic N) is 4. The third-order valence-corrected chi connectivity index (χ3v) is 4.81. The van der Waals surface area contributed by atoms with Crippen LogP contribution in [0.5, 0.6) is 0 Å². The van der Waals surface area contributed by atoms with Crippen molar-refractivity contribution in [3.05, 3.63) is 96.1 Å². The zero-order chi connectivity index (χ0) is 21.1. The predicted octanol–water partition coefficient (Wildman–Crippen LogP) is 6.72. The van der Waals surface area contributed by atoms with Crippen LogP contribution in [0.25, 0.3) is 38.7 Å². The van der Waals surface area contributed by atoms with Gasteiger partial charge >= 0.3 is 0 Å². The molecule has 0 saturated carbocycles. The van der Waals surface area contributed by atoms with Crippen LogP contribution in [0.4, 0.5) is 5.69 Å². The van der Waals surface area contributed by atoms with Crippen molar-refractivity contribution in [2.24, 2.45) is 0 Å². The van der Waals surface area contributed by atoms with Gasteiger partial charge < -0.3 is 0 Å². The van der Waals surface area contributed by atoms with E-state index in [1.165, 1.54) is 0 Å². The molecule has 4 heteroatoms. The maximum atomic E-state index is 7.09. The molecule has 0 radical (unpaired) electrons. The normalized spacial score (nSPS) is 11.1. The van der Waals surface area contributed by atoms with E-state index < -0.39 is 0 Å². The molecular formula is C26H22N4. The van der Waals surface area contributed by atoms with Gasteiger partial charge in [-0.2, -0.15) is 0 Å². The molecule has 0 fully saturated rings. The average molecular weight is 390 g/mol. The summed E-state index contributed by atoms with van der Waals surface area (Å²) in [6, 6.07) is 25.8. The lowest BCUT2D eigenvalue weighted by molar-refractivity contribution is 0.543. The van der Waals surface area contributed by atoms with Gasteiger partial charge in [0.15, 0.2) is 17.3 Å². The molecule has 1 aromatic heterocycles. The molecular weight excluding hydrogens is 368 g/mol. The smallest absolute Gasteiger partial charge is 0.187 e. The largest absolute Gasteiger partial charge is 0.238 e. The summed E-state index contributed by atoms with van der Waals surface area (Å²) in [6.45, 7) is 13.4. The summed E-state index contributed by atoms with van der Waals surface area (Å²) in [5.74, 6) is 2.12. The molecule has 146 valence electrons. The highest BCUT2D eigenvalue weighted by Crippen LogP contribution is 2.28. The van der Waals surface area contributed by atoms with Crippen LogP contribution in [-0.2, 0) is 5.41 Å². The molecule has 4 rings (SSSR count). The summed E-state index contributed by atoms with van der Waals surface area (Å²) >= 11 is 0. The second-order valence-corrected chi connectivity index (χ2v) is 8.16. The van der Waals surface area contributed by atoms with Crippen LogP contribution in [0, 0.1) is 6.57 Å². The maximum absolute atomic E-state index is 7.09. The molecule has 0 unspecified atom stereocenters. The lowest BCUT2D eigenvalue weighted by atomic mass is 9.95. The molecule has 0 aliphatic rings. The van der Waals surface area contributed by atoms with Crippen molar-refractivity contribution in [2.75, 3.05) is 0 Å². The fraction of sp³-hybridized carbons (Fsp3) is 0.154. The van der Waals surface area contributed by atoms with Crippen LogP contribution in [0.3, 0.4) is 0 Å². The van der Waals surface area contributed by atoms with Crippen molar-refractivity contribution in [1.82, 2.24) is 15.0 Å². The van der Waals surface area contributed by atoms with E-state index in [0.717, 1.165) is 28.1 Å². The van der Waals surface area contributed by atoms with Crippen molar-refractivity contribution < 1.29 is 0 Å². The van der Waals surface area contributed by atoms with Gasteiger partial charge in [0.05, 0.1) is 6.57 Å². The van der Waals surface area contributed by atoms with Crippen LogP contribution in [0.2, 0.25) is 0 Å². The third kappa shape index (κ3) is 4.11. The van der Waals surface area contributed by atoms with E-state index in [0.29, 0.717) is 17.3 Å². The summed E-state index contributed by atoms with van der Waals surface area (Å²) in [5, 5.41) is 0. The van der Waals surface area contributed by atoms with E-state index in [9.17, 15) is 0 Å². The van der Waals surface area contributed by atoms with Gasteiger partial charge in [0.1, 0.15) is 5.82 Å². The van der Waals surface area contributed by atoms with Gasteiger partial charge in [0.25, 0.3) is 0 Å². The van der Waals surface area contributed by atoms with Crippen LogP contribution in [0.1, 0.15) is 26.6 Å². The van der Waals surface area contributed by atoms with Crippen molar-refractivity contribution in [3.63, 3.8) is 0 Å². The van der Waals surface area contributed by atoms with Gasteiger partial charge in [-0.15, -0.1) is 0 Å². The second-order valence-electron chi connectivity index (χ2n) is 8.16. The van der Waals surface area contributed by atoms with Crippen LogP contribution in [-0.4, -0.2) is 15.0 Å². The highest BCUT2D eigenvalue weighted by molar-refractivity contribution is 5.70. The minimum atomic E-state index is -0.189. The van der Waals surface area contributed by atoms with Gasteiger partial charge in [0.2, 0.25) is 0 Å². The Morgan fingerprint density at radius 3 is 1.57 bits per heavy atom. The topological polar surface area (TPSA) is 43.0 Å². The Hall–Kier alpha value is -3.84. The first-order valence-electron chi connectivity index (χ1n) is 9.84. The Bertz CT molecular complexity index is 1200. The van der Waals surface area contributed by atoms with E-state index in [2.05, 4.69) is 37.7 Å². The minimum absolute atomic E-state index is 0.189. The number of aromatic nitrogens is 3. The highest BCUT2D eigenvalue weighted by atomic mass is 15.0. The monoisotopic (exact) mass is 390 g/mol. The van der Waals surface area contributed by atoms with Gasteiger partial charge in [-0.05, 0) is 11.1 Å². The van der Waals surface area contributed by atoms with Gasteiger partial charge in [-0.3, -0.25) is 0 Å². The lowest BCUT2D eigenvalue weighted by Gasteiger charge is -2.18. The molecule has 30 heavy (non-hydrogen) atoms. The Kier molecular flexibility index (Phi) is 5.12. The van der Waals surface area contributed by atoms with E-state index in [1.54, 1.807) is 0 Å². The van der Waals surface area contributed by atoms with E-state index >= 15 is 0 Å². The molecule has 1 heterocycles. The van der Waals surface area contributed by atoms with Crippen molar-refractivity contribution in [1.29, 1.82) is 0 Å². The minimum Gasteiger partial charge on any atom is -0.238 e. The molecule has 0 aliphatic carbocycles. The van der Waals surface area contributed by atoms with Crippen molar-refractivity contribution in [3.8, 4) is 33.9 Å². The summed E-state index contributed by atoms with van der Waals surface area (Å²) < 4.78 is 0. The zero-order valence-electron chi connectivity index (χ0n) is 17.3. The Morgan fingerprint density at radius 1 is 0.600 bits per heavy atom. The fourth-order valence-electron chi connectivity index (χ4n) is 3.10. The number of hydrogen-bond donors (Lipinski definition) is 0. The Labute approximate surface area is 177 Å².